The number of aromatic nitrogens is 3. The molecule has 8 heteroatoms. The van der Waals surface area contributed by atoms with Gasteiger partial charge in [0.05, 0.1) is 31.0 Å². The highest BCUT2D eigenvalue weighted by Gasteiger charge is 2.40. The molecule has 2 atom stereocenters. The Balaban J connectivity index is 1.39. The van der Waals surface area contributed by atoms with Gasteiger partial charge in [-0.15, -0.1) is 0 Å². The molecule has 0 amide bonds. The highest BCUT2D eigenvalue weighted by Crippen LogP contribution is 2.39. The maximum Gasteiger partial charge on any atom is 0.170 e. The first-order chi connectivity index (χ1) is 16.3. The first-order valence-corrected chi connectivity index (χ1v) is 12.0. The van der Waals surface area contributed by atoms with Crippen LogP contribution >= 0.6 is 12.2 Å². The number of hydrogen-bond donors (Lipinski definition) is 1. The van der Waals surface area contributed by atoms with Gasteiger partial charge in [-0.1, -0.05) is 12.1 Å². The first-order valence-electron chi connectivity index (χ1n) is 11.6. The SMILES string of the molecule is S=C1N[C@@H](c2ccccn2)[C@H](c2cccn2Cc2cccnc2)N1CCCN1CCOCC1. The summed E-state index contributed by atoms with van der Waals surface area (Å²) in [4.78, 5) is 13.8. The molecule has 7 nitrogen and oxygen atoms in total. The van der Waals surface area contributed by atoms with Crippen LogP contribution in [0.25, 0.3) is 0 Å². The average Bonchev–Trinajstić information content (AvgIpc) is 3.44. The van der Waals surface area contributed by atoms with Crippen molar-refractivity contribution in [3.63, 3.8) is 0 Å². The molecule has 3 aromatic heterocycles. The second-order valence-electron chi connectivity index (χ2n) is 8.55. The van der Waals surface area contributed by atoms with Gasteiger partial charge in [0.25, 0.3) is 0 Å². The minimum atomic E-state index is 0.00429. The predicted octanol–water partition coefficient (Wildman–Crippen LogP) is 3.02. The minimum absolute atomic E-state index is 0.00429. The third-order valence-electron chi connectivity index (χ3n) is 6.42. The van der Waals surface area contributed by atoms with E-state index < -0.39 is 0 Å². The van der Waals surface area contributed by atoms with E-state index in [4.69, 9.17) is 17.0 Å². The van der Waals surface area contributed by atoms with Crippen LogP contribution in [0.5, 0.6) is 0 Å². The Morgan fingerprint density at radius 2 is 1.94 bits per heavy atom. The van der Waals surface area contributed by atoms with Gasteiger partial charge in [-0.3, -0.25) is 14.9 Å². The number of morpholine rings is 1. The molecular formula is C25H30N6OS. The normalized spacial score (nSPS) is 21.3. The number of hydrogen-bond acceptors (Lipinski definition) is 5. The summed E-state index contributed by atoms with van der Waals surface area (Å²) in [6.45, 7) is 6.41. The molecule has 2 saturated heterocycles. The molecule has 0 spiro atoms. The molecule has 0 unspecified atom stereocenters. The monoisotopic (exact) mass is 462 g/mol. The van der Waals surface area contributed by atoms with Gasteiger partial charge in [0, 0.05) is 63.2 Å². The molecular weight excluding hydrogens is 432 g/mol. The number of rotatable bonds is 8. The maximum absolute atomic E-state index is 5.85. The molecule has 0 bridgehead atoms. The van der Waals surface area contributed by atoms with Gasteiger partial charge in [-0.2, -0.15) is 0 Å². The van der Waals surface area contributed by atoms with Gasteiger partial charge in [0.1, 0.15) is 0 Å². The quantitative estimate of drug-likeness (QED) is 0.517. The Labute approximate surface area is 200 Å². The first kappa shape index (κ1) is 22.0. The van der Waals surface area contributed by atoms with Crippen molar-refractivity contribution in [3.05, 3.63) is 84.2 Å². The third-order valence-corrected chi connectivity index (χ3v) is 6.77. The summed E-state index contributed by atoms with van der Waals surface area (Å²) >= 11 is 5.85. The number of nitrogens with one attached hydrogen (secondary N) is 1. The molecule has 0 radical (unpaired) electrons. The van der Waals surface area contributed by atoms with Crippen molar-refractivity contribution in [1.29, 1.82) is 0 Å². The van der Waals surface area contributed by atoms with Crippen molar-refractivity contribution in [2.24, 2.45) is 0 Å². The molecule has 172 valence electrons. The molecule has 5 heterocycles. The molecule has 2 aliphatic heterocycles. The van der Waals surface area contributed by atoms with Crippen LogP contribution in [0.4, 0.5) is 0 Å². The minimum Gasteiger partial charge on any atom is -0.379 e. The van der Waals surface area contributed by atoms with Gasteiger partial charge >= 0.3 is 0 Å². The lowest BCUT2D eigenvalue weighted by Gasteiger charge is -2.31. The van der Waals surface area contributed by atoms with Crippen molar-refractivity contribution >= 4 is 17.3 Å². The Morgan fingerprint density at radius 1 is 1.03 bits per heavy atom. The molecule has 3 aromatic rings. The van der Waals surface area contributed by atoms with Crippen LogP contribution in [0.15, 0.2) is 67.3 Å². The molecule has 1 N–H and O–H groups in total. The Bertz CT molecular complexity index is 1040. The molecule has 0 saturated carbocycles. The maximum atomic E-state index is 5.85. The number of nitrogens with zero attached hydrogens (tertiary/aromatic N) is 5. The zero-order chi connectivity index (χ0) is 22.5. The van der Waals surface area contributed by atoms with E-state index in [1.807, 2.05) is 36.8 Å². The lowest BCUT2D eigenvalue weighted by atomic mass is 10.0. The molecule has 5 rings (SSSR count). The summed E-state index contributed by atoms with van der Waals surface area (Å²) in [5.41, 5.74) is 3.42. The Morgan fingerprint density at radius 3 is 2.73 bits per heavy atom. The topological polar surface area (TPSA) is 58.5 Å². The summed E-state index contributed by atoms with van der Waals surface area (Å²) in [6, 6.07) is 14.6. The van der Waals surface area contributed by atoms with Crippen molar-refractivity contribution in [2.45, 2.75) is 25.0 Å². The van der Waals surface area contributed by atoms with E-state index in [0.717, 1.165) is 63.2 Å². The standard InChI is InChI=1S/C25H30N6OS/c33-25-28-23(21-7-1-2-10-27-21)24(31(25)13-5-11-29-14-16-32-17-15-29)22-8-4-12-30(22)19-20-6-3-9-26-18-20/h1-4,6-10,12,18,23-24H,5,11,13-17,19H2,(H,28,33)/t23-,24-/m0/s1. The highest BCUT2D eigenvalue weighted by atomic mass is 32.1. The summed E-state index contributed by atoms with van der Waals surface area (Å²) < 4.78 is 7.80. The molecule has 2 aliphatic rings. The van der Waals surface area contributed by atoms with E-state index in [2.05, 4.69) is 60.1 Å². The van der Waals surface area contributed by atoms with Crippen LogP contribution in [0.2, 0.25) is 0 Å². The molecule has 2 fully saturated rings. The highest BCUT2D eigenvalue weighted by molar-refractivity contribution is 7.80. The molecule has 33 heavy (non-hydrogen) atoms. The lowest BCUT2D eigenvalue weighted by Crippen LogP contribution is -2.39. The predicted molar refractivity (Wildman–Crippen MR) is 132 cm³/mol. The average molecular weight is 463 g/mol. The van der Waals surface area contributed by atoms with Gasteiger partial charge in [-0.25, -0.2) is 0 Å². The van der Waals surface area contributed by atoms with E-state index in [1.165, 1.54) is 11.3 Å². The number of pyridine rings is 2. The fourth-order valence-corrected chi connectivity index (χ4v) is 5.12. The van der Waals surface area contributed by atoms with Crippen LogP contribution in [-0.2, 0) is 11.3 Å². The van der Waals surface area contributed by atoms with Crippen LogP contribution in [0.1, 0.15) is 35.5 Å². The van der Waals surface area contributed by atoms with E-state index >= 15 is 0 Å². The zero-order valence-corrected chi connectivity index (χ0v) is 19.5. The van der Waals surface area contributed by atoms with E-state index in [1.54, 1.807) is 0 Å². The second-order valence-corrected chi connectivity index (χ2v) is 8.94. The largest absolute Gasteiger partial charge is 0.379 e. The van der Waals surface area contributed by atoms with E-state index in [0.29, 0.717) is 0 Å². The van der Waals surface area contributed by atoms with Gasteiger partial charge in [0.2, 0.25) is 0 Å². The summed E-state index contributed by atoms with van der Waals surface area (Å²) in [6.07, 6.45) is 8.79. The van der Waals surface area contributed by atoms with Crippen molar-refractivity contribution in [2.75, 3.05) is 39.4 Å². The van der Waals surface area contributed by atoms with E-state index in [9.17, 15) is 0 Å². The third kappa shape index (κ3) is 5.08. The summed E-state index contributed by atoms with van der Waals surface area (Å²) in [7, 11) is 0. The van der Waals surface area contributed by atoms with Crippen molar-refractivity contribution < 1.29 is 4.74 Å². The van der Waals surface area contributed by atoms with Gasteiger partial charge in [-0.05, 0) is 54.5 Å². The van der Waals surface area contributed by atoms with Crippen molar-refractivity contribution in [3.8, 4) is 0 Å². The van der Waals surface area contributed by atoms with Crippen LogP contribution in [0.3, 0.4) is 0 Å². The Hall–Kier alpha value is -2.81. The molecule has 0 aliphatic carbocycles. The van der Waals surface area contributed by atoms with E-state index in [-0.39, 0.29) is 12.1 Å². The number of thiocarbonyl (C=S) groups is 1. The Kier molecular flexibility index (Phi) is 6.95. The fourth-order valence-electron chi connectivity index (χ4n) is 4.79. The van der Waals surface area contributed by atoms with Crippen LogP contribution in [-0.4, -0.2) is 68.8 Å². The van der Waals surface area contributed by atoms with Crippen molar-refractivity contribution in [1.82, 2.24) is 29.7 Å². The lowest BCUT2D eigenvalue weighted by molar-refractivity contribution is 0.0365. The van der Waals surface area contributed by atoms with Gasteiger partial charge < -0.3 is 19.5 Å². The van der Waals surface area contributed by atoms with Crippen LogP contribution in [0, 0.1) is 0 Å². The smallest absolute Gasteiger partial charge is 0.170 e. The molecule has 0 aromatic carbocycles. The number of ether oxygens (including phenoxy) is 1. The summed E-state index contributed by atoms with van der Waals surface area (Å²) in [5.74, 6) is 0. The zero-order valence-electron chi connectivity index (χ0n) is 18.7. The van der Waals surface area contributed by atoms with Gasteiger partial charge in [0.15, 0.2) is 5.11 Å². The summed E-state index contributed by atoms with van der Waals surface area (Å²) in [5, 5.41) is 4.37. The van der Waals surface area contributed by atoms with Crippen LogP contribution < -0.4 is 5.32 Å². The second kappa shape index (κ2) is 10.4. The fraction of sp³-hybridized carbons (Fsp3) is 0.400.